The van der Waals surface area contributed by atoms with E-state index in [0.717, 1.165) is 5.69 Å². The Balaban J connectivity index is 1.86. The second-order valence-corrected chi connectivity index (χ2v) is 4.35. The lowest BCUT2D eigenvalue weighted by molar-refractivity contribution is 0.248. The van der Waals surface area contributed by atoms with Crippen molar-refractivity contribution in [2.75, 3.05) is 11.1 Å². The number of hydrogen-bond donors (Lipinski definition) is 3. The van der Waals surface area contributed by atoms with Gasteiger partial charge in [0.05, 0.1) is 0 Å². The maximum Gasteiger partial charge on any atom is 0.319 e. The van der Waals surface area contributed by atoms with E-state index in [2.05, 4.69) is 10.6 Å². The van der Waals surface area contributed by atoms with Gasteiger partial charge in [-0.15, -0.1) is 0 Å². The quantitative estimate of drug-likeness (QED) is 0.682. The molecule has 4 heteroatoms. The average Bonchev–Trinajstić information content (AvgIpc) is 2.99. The van der Waals surface area contributed by atoms with Crippen LogP contribution in [0.5, 0.6) is 0 Å². The largest absolute Gasteiger partial charge is 0.399 e. The molecule has 1 aromatic rings. The van der Waals surface area contributed by atoms with Gasteiger partial charge in [-0.2, -0.15) is 0 Å². The van der Waals surface area contributed by atoms with Gasteiger partial charge in [-0.3, -0.25) is 0 Å². The van der Waals surface area contributed by atoms with Crippen LogP contribution < -0.4 is 16.4 Å². The lowest BCUT2D eigenvalue weighted by Crippen LogP contribution is -2.37. The molecular weight excluding hydrogens is 202 g/mol. The predicted molar refractivity (Wildman–Crippen MR) is 65.2 cm³/mol. The molecule has 0 bridgehead atoms. The molecule has 1 aromatic carbocycles. The fourth-order valence-electron chi connectivity index (χ4n) is 1.70. The summed E-state index contributed by atoms with van der Waals surface area (Å²) in [7, 11) is 0. The molecule has 0 saturated heterocycles. The SMILES string of the molecule is CC(NC(=O)Nc1cccc(N)c1)C1CC1. The number of anilines is 2. The monoisotopic (exact) mass is 219 g/mol. The van der Waals surface area contributed by atoms with Gasteiger partial charge in [-0.05, 0) is 43.9 Å². The van der Waals surface area contributed by atoms with Crippen molar-refractivity contribution in [1.29, 1.82) is 0 Å². The Morgan fingerprint density at radius 1 is 1.50 bits per heavy atom. The smallest absolute Gasteiger partial charge is 0.319 e. The highest BCUT2D eigenvalue weighted by Gasteiger charge is 2.28. The molecule has 4 N–H and O–H groups in total. The minimum Gasteiger partial charge on any atom is -0.399 e. The first-order valence-corrected chi connectivity index (χ1v) is 5.58. The number of carbonyl (C=O) groups excluding carboxylic acids is 1. The summed E-state index contributed by atoms with van der Waals surface area (Å²) < 4.78 is 0. The highest BCUT2D eigenvalue weighted by molar-refractivity contribution is 5.89. The van der Waals surface area contributed by atoms with Crippen LogP contribution in [-0.4, -0.2) is 12.1 Å². The van der Waals surface area contributed by atoms with Gasteiger partial charge in [0.25, 0.3) is 0 Å². The van der Waals surface area contributed by atoms with Gasteiger partial charge < -0.3 is 16.4 Å². The number of benzene rings is 1. The lowest BCUT2D eigenvalue weighted by atomic mass is 10.2. The van der Waals surface area contributed by atoms with Crippen LogP contribution in [-0.2, 0) is 0 Å². The summed E-state index contributed by atoms with van der Waals surface area (Å²) in [6.07, 6.45) is 2.44. The molecule has 0 aliphatic heterocycles. The number of carbonyl (C=O) groups is 1. The first-order valence-electron chi connectivity index (χ1n) is 5.58. The molecule has 2 rings (SSSR count). The number of rotatable bonds is 3. The van der Waals surface area contributed by atoms with E-state index in [1.54, 1.807) is 12.1 Å². The third-order valence-corrected chi connectivity index (χ3v) is 2.83. The maximum absolute atomic E-state index is 11.6. The van der Waals surface area contributed by atoms with Crippen molar-refractivity contribution >= 4 is 17.4 Å². The number of nitrogens with two attached hydrogens (primary N) is 1. The van der Waals surface area contributed by atoms with Crippen molar-refractivity contribution in [2.24, 2.45) is 5.92 Å². The molecule has 1 aliphatic carbocycles. The van der Waals surface area contributed by atoms with E-state index in [1.807, 2.05) is 19.1 Å². The molecule has 2 amide bonds. The second kappa shape index (κ2) is 4.43. The molecule has 1 aliphatic rings. The lowest BCUT2D eigenvalue weighted by Gasteiger charge is -2.13. The van der Waals surface area contributed by atoms with E-state index < -0.39 is 0 Å². The zero-order valence-corrected chi connectivity index (χ0v) is 9.36. The maximum atomic E-state index is 11.6. The molecule has 1 saturated carbocycles. The first-order chi connectivity index (χ1) is 7.65. The average molecular weight is 219 g/mol. The van der Waals surface area contributed by atoms with E-state index in [0.29, 0.717) is 11.6 Å². The molecule has 0 spiro atoms. The summed E-state index contributed by atoms with van der Waals surface area (Å²) in [4.78, 5) is 11.6. The van der Waals surface area contributed by atoms with E-state index in [9.17, 15) is 4.79 Å². The van der Waals surface area contributed by atoms with Crippen LogP contribution >= 0.6 is 0 Å². The minimum absolute atomic E-state index is 0.162. The van der Waals surface area contributed by atoms with Crippen molar-refractivity contribution in [1.82, 2.24) is 5.32 Å². The number of hydrogen-bond acceptors (Lipinski definition) is 2. The standard InChI is InChI=1S/C12H17N3O/c1-8(9-5-6-9)14-12(16)15-11-4-2-3-10(13)7-11/h2-4,7-9H,5-6,13H2,1H3,(H2,14,15,16). The van der Waals surface area contributed by atoms with E-state index >= 15 is 0 Å². The second-order valence-electron chi connectivity index (χ2n) is 4.35. The number of nitrogen functional groups attached to an aromatic ring is 1. The Labute approximate surface area is 95.2 Å². The van der Waals surface area contributed by atoms with Crippen molar-refractivity contribution < 1.29 is 4.79 Å². The Morgan fingerprint density at radius 2 is 2.25 bits per heavy atom. The molecule has 1 atom stereocenters. The van der Waals surface area contributed by atoms with Crippen LogP contribution in [0.1, 0.15) is 19.8 Å². The minimum atomic E-state index is -0.162. The predicted octanol–water partition coefficient (Wildman–Crippen LogP) is 2.19. The Hall–Kier alpha value is -1.71. The molecule has 0 heterocycles. The van der Waals surface area contributed by atoms with Crippen LogP contribution in [0, 0.1) is 5.92 Å². The fourth-order valence-corrected chi connectivity index (χ4v) is 1.70. The van der Waals surface area contributed by atoms with Gasteiger partial charge >= 0.3 is 6.03 Å². The molecule has 16 heavy (non-hydrogen) atoms. The van der Waals surface area contributed by atoms with Gasteiger partial charge in [-0.25, -0.2) is 4.79 Å². The van der Waals surface area contributed by atoms with Crippen LogP contribution in [0.3, 0.4) is 0 Å². The van der Waals surface area contributed by atoms with Crippen molar-refractivity contribution in [3.8, 4) is 0 Å². The molecule has 86 valence electrons. The number of amides is 2. The summed E-state index contributed by atoms with van der Waals surface area (Å²) in [5.41, 5.74) is 6.99. The van der Waals surface area contributed by atoms with Crippen molar-refractivity contribution in [3.63, 3.8) is 0 Å². The summed E-state index contributed by atoms with van der Waals surface area (Å²) in [6, 6.07) is 7.25. The molecule has 4 nitrogen and oxygen atoms in total. The van der Waals surface area contributed by atoms with Crippen LogP contribution in [0.25, 0.3) is 0 Å². The fraction of sp³-hybridized carbons (Fsp3) is 0.417. The third-order valence-electron chi connectivity index (χ3n) is 2.83. The molecule has 0 aromatic heterocycles. The summed E-state index contributed by atoms with van der Waals surface area (Å²) in [6.45, 7) is 2.04. The van der Waals surface area contributed by atoms with Crippen molar-refractivity contribution in [2.45, 2.75) is 25.8 Å². The highest BCUT2D eigenvalue weighted by Crippen LogP contribution is 2.32. The normalized spacial score (nSPS) is 16.6. The van der Waals surface area contributed by atoms with Crippen LogP contribution in [0.2, 0.25) is 0 Å². The van der Waals surface area contributed by atoms with Gasteiger partial charge in [0.15, 0.2) is 0 Å². The van der Waals surface area contributed by atoms with Crippen LogP contribution in [0.15, 0.2) is 24.3 Å². The van der Waals surface area contributed by atoms with E-state index in [-0.39, 0.29) is 12.1 Å². The third kappa shape index (κ3) is 2.89. The Morgan fingerprint density at radius 3 is 2.88 bits per heavy atom. The summed E-state index contributed by atoms with van der Waals surface area (Å²) >= 11 is 0. The highest BCUT2D eigenvalue weighted by atomic mass is 16.2. The summed E-state index contributed by atoms with van der Waals surface area (Å²) in [5.74, 6) is 0.659. The Kier molecular flexibility index (Phi) is 2.99. The molecule has 1 unspecified atom stereocenters. The van der Waals surface area contributed by atoms with Crippen LogP contribution in [0.4, 0.5) is 16.2 Å². The Bertz CT molecular complexity index is 388. The summed E-state index contributed by atoms with van der Waals surface area (Å²) in [5, 5.41) is 5.69. The van der Waals surface area contributed by atoms with E-state index in [1.165, 1.54) is 12.8 Å². The zero-order valence-electron chi connectivity index (χ0n) is 9.36. The first kappa shape index (κ1) is 10.8. The number of nitrogens with one attached hydrogen (secondary N) is 2. The topological polar surface area (TPSA) is 67.2 Å². The van der Waals surface area contributed by atoms with Gasteiger partial charge in [0.1, 0.15) is 0 Å². The molecular formula is C12H17N3O. The van der Waals surface area contributed by atoms with Crippen molar-refractivity contribution in [3.05, 3.63) is 24.3 Å². The van der Waals surface area contributed by atoms with Gasteiger partial charge in [0.2, 0.25) is 0 Å². The molecule has 1 fully saturated rings. The number of urea groups is 1. The van der Waals surface area contributed by atoms with Gasteiger partial charge in [0, 0.05) is 17.4 Å². The van der Waals surface area contributed by atoms with Gasteiger partial charge in [-0.1, -0.05) is 6.07 Å². The zero-order chi connectivity index (χ0) is 11.5. The van der Waals surface area contributed by atoms with E-state index in [4.69, 9.17) is 5.73 Å². The molecule has 0 radical (unpaired) electrons.